The lowest BCUT2D eigenvalue weighted by Crippen LogP contribution is -2.36. The van der Waals surface area contributed by atoms with E-state index in [1.54, 1.807) is 12.1 Å². The summed E-state index contributed by atoms with van der Waals surface area (Å²) >= 11 is 0. The third-order valence-corrected chi connectivity index (χ3v) is 7.40. The van der Waals surface area contributed by atoms with E-state index in [4.69, 9.17) is 0 Å². The topological polar surface area (TPSA) is 78.0 Å². The monoisotopic (exact) mass is 522 g/mol. The van der Waals surface area contributed by atoms with Gasteiger partial charge in [0.1, 0.15) is 11.6 Å². The third-order valence-electron chi connectivity index (χ3n) is 7.40. The molecule has 0 spiro atoms. The summed E-state index contributed by atoms with van der Waals surface area (Å²) in [4.78, 5) is 15.2. The molecule has 7 nitrogen and oxygen atoms in total. The number of fused-ring (bicyclic) bond motifs is 1. The Morgan fingerprint density at radius 1 is 1.00 bits per heavy atom. The molecule has 0 atom stereocenters. The lowest BCUT2D eigenvalue weighted by atomic mass is 10.0. The highest BCUT2D eigenvalue weighted by molar-refractivity contribution is 6.04. The molecule has 6 rings (SSSR count). The van der Waals surface area contributed by atoms with Crippen molar-refractivity contribution in [2.24, 2.45) is 0 Å². The number of hydrogen-bond donors (Lipinski definition) is 3. The van der Waals surface area contributed by atoms with E-state index in [1.165, 1.54) is 12.1 Å². The molecule has 39 heavy (non-hydrogen) atoms. The zero-order valence-electron chi connectivity index (χ0n) is 21.8. The number of likely N-dealkylation sites (tertiary alicyclic amines) is 1. The van der Waals surface area contributed by atoms with Crippen LogP contribution in [0.15, 0.2) is 85.1 Å². The van der Waals surface area contributed by atoms with Gasteiger partial charge in [-0.25, -0.2) is 4.39 Å². The fourth-order valence-corrected chi connectivity index (χ4v) is 5.10. The summed E-state index contributed by atoms with van der Waals surface area (Å²) < 4.78 is 15.4. The predicted molar refractivity (Wildman–Crippen MR) is 154 cm³/mol. The first-order valence-corrected chi connectivity index (χ1v) is 13.3. The molecule has 0 bridgehead atoms. The average Bonchev–Trinajstić information content (AvgIpc) is 3.58. The molecule has 3 N–H and O–H groups in total. The zero-order valence-corrected chi connectivity index (χ0v) is 21.8. The lowest BCUT2D eigenvalue weighted by Gasteiger charge is -2.30. The summed E-state index contributed by atoms with van der Waals surface area (Å²) in [6.07, 6.45) is 4.27. The Morgan fingerprint density at radius 2 is 1.77 bits per heavy atom. The summed E-state index contributed by atoms with van der Waals surface area (Å²) in [6, 6.07) is 24.7. The van der Waals surface area contributed by atoms with Gasteiger partial charge in [-0.1, -0.05) is 24.3 Å². The van der Waals surface area contributed by atoms with Crippen LogP contribution >= 0.6 is 0 Å². The van der Waals surface area contributed by atoms with Crippen molar-refractivity contribution in [1.82, 2.24) is 19.7 Å². The van der Waals surface area contributed by atoms with Crippen LogP contribution in [-0.4, -0.2) is 51.8 Å². The van der Waals surface area contributed by atoms with Crippen LogP contribution < -0.4 is 10.6 Å². The Hall–Kier alpha value is -4.43. The van der Waals surface area contributed by atoms with E-state index < -0.39 is 0 Å². The molecule has 0 saturated carbocycles. The molecule has 0 unspecified atom stereocenters. The van der Waals surface area contributed by atoms with Crippen LogP contribution in [0.3, 0.4) is 0 Å². The molecular formula is C31H31FN6O. The molecule has 1 aliphatic rings. The zero-order chi connectivity index (χ0) is 26.8. The number of carbonyl (C=O) groups excluding carboxylic acids is 1. The van der Waals surface area contributed by atoms with E-state index in [0.29, 0.717) is 24.0 Å². The summed E-state index contributed by atoms with van der Waals surface area (Å²) in [5.74, 6) is 0.0989. The van der Waals surface area contributed by atoms with Gasteiger partial charge in [-0.05, 0) is 92.5 Å². The van der Waals surface area contributed by atoms with Gasteiger partial charge in [0.2, 0.25) is 0 Å². The summed E-state index contributed by atoms with van der Waals surface area (Å²) in [7, 11) is 2.15. The van der Waals surface area contributed by atoms with Crippen molar-refractivity contribution < 1.29 is 9.18 Å². The smallest absolute Gasteiger partial charge is 0.256 e. The molecule has 0 radical (unpaired) electrons. The third kappa shape index (κ3) is 5.71. The maximum absolute atomic E-state index is 13.3. The number of halogens is 1. The van der Waals surface area contributed by atoms with Gasteiger partial charge in [-0.15, -0.1) is 0 Å². The van der Waals surface area contributed by atoms with Crippen LogP contribution in [0.1, 0.15) is 28.8 Å². The Balaban J connectivity index is 1.12. The van der Waals surface area contributed by atoms with E-state index in [0.717, 1.165) is 59.3 Å². The number of carbonyl (C=O) groups is 1. The number of nitrogens with one attached hydrogen (secondary N) is 3. The highest BCUT2D eigenvalue weighted by atomic mass is 19.1. The molecule has 8 heteroatoms. The summed E-state index contributed by atoms with van der Waals surface area (Å²) in [5, 5.41) is 15.0. The van der Waals surface area contributed by atoms with Gasteiger partial charge >= 0.3 is 0 Å². The number of amides is 1. The molecule has 0 aliphatic carbocycles. The molecule has 1 amide bonds. The number of nitrogens with zero attached hydrogens (tertiary/aromatic N) is 3. The summed E-state index contributed by atoms with van der Waals surface area (Å²) in [6.45, 7) is 2.84. The minimum absolute atomic E-state index is 0.195. The van der Waals surface area contributed by atoms with Gasteiger partial charge in [-0.3, -0.25) is 9.89 Å². The SMILES string of the molecule is CN1CCC(Nc2ccc(C(=O)Nc3cc(-c4ccc5ccn(Cc6ccc(F)cc6)c5c4)n[nH]3)cc2)CC1. The standard InChI is InChI=1S/C31H31FN6O/c1-37-15-13-27(14-16-37)33-26-10-6-23(7-11-26)31(39)34-30-19-28(35-36-30)24-5-4-22-12-17-38(29(22)18-24)20-21-2-8-25(32)9-3-21/h2-12,17-19,27,33H,13-16,20H2,1H3,(H2,34,35,36,39). The average molecular weight is 523 g/mol. The van der Waals surface area contributed by atoms with Crippen molar-refractivity contribution in [3.05, 3.63) is 102 Å². The number of anilines is 2. The molecule has 5 aromatic rings. The van der Waals surface area contributed by atoms with Gasteiger partial charge in [-0.2, -0.15) is 5.10 Å². The molecule has 1 saturated heterocycles. The van der Waals surface area contributed by atoms with Crippen molar-refractivity contribution in [1.29, 1.82) is 0 Å². The van der Waals surface area contributed by atoms with Crippen molar-refractivity contribution in [2.75, 3.05) is 30.8 Å². The van der Waals surface area contributed by atoms with Crippen LogP contribution in [0.2, 0.25) is 0 Å². The van der Waals surface area contributed by atoms with Gasteiger partial charge in [0.15, 0.2) is 0 Å². The second kappa shape index (κ2) is 10.7. The molecular weight excluding hydrogens is 491 g/mol. The molecule has 3 heterocycles. The number of aromatic nitrogens is 3. The van der Waals surface area contributed by atoms with E-state index in [-0.39, 0.29) is 11.7 Å². The first kappa shape index (κ1) is 24.9. The largest absolute Gasteiger partial charge is 0.382 e. The van der Waals surface area contributed by atoms with Crippen LogP contribution in [0.4, 0.5) is 15.9 Å². The predicted octanol–water partition coefficient (Wildman–Crippen LogP) is 5.98. The highest BCUT2D eigenvalue weighted by Crippen LogP contribution is 2.26. The van der Waals surface area contributed by atoms with Gasteiger partial charge in [0, 0.05) is 47.2 Å². The number of hydrogen-bond acceptors (Lipinski definition) is 4. The maximum Gasteiger partial charge on any atom is 0.256 e. The van der Waals surface area contributed by atoms with Crippen LogP contribution in [-0.2, 0) is 6.54 Å². The van der Waals surface area contributed by atoms with E-state index >= 15 is 0 Å². The van der Waals surface area contributed by atoms with Crippen LogP contribution in [0, 0.1) is 5.82 Å². The van der Waals surface area contributed by atoms with Crippen molar-refractivity contribution >= 4 is 28.3 Å². The maximum atomic E-state index is 13.3. The molecule has 1 fully saturated rings. The molecule has 198 valence electrons. The number of piperidine rings is 1. The van der Waals surface area contributed by atoms with Crippen LogP contribution in [0.5, 0.6) is 0 Å². The van der Waals surface area contributed by atoms with E-state index in [9.17, 15) is 9.18 Å². The number of H-pyrrole nitrogens is 1. The second-order valence-corrected chi connectivity index (χ2v) is 10.3. The van der Waals surface area contributed by atoms with E-state index in [1.807, 2.05) is 42.6 Å². The normalized spacial score (nSPS) is 14.5. The lowest BCUT2D eigenvalue weighted by molar-refractivity contribution is 0.102. The number of benzene rings is 3. The Kier molecular flexibility index (Phi) is 6.85. The van der Waals surface area contributed by atoms with E-state index in [2.05, 4.69) is 55.5 Å². The van der Waals surface area contributed by atoms with Gasteiger partial charge in [0.05, 0.1) is 5.69 Å². The van der Waals surface area contributed by atoms with Crippen LogP contribution in [0.25, 0.3) is 22.2 Å². The number of aromatic amines is 1. The van der Waals surface area contributed by atoms with Gasteiger partial charge < -0.3 is 20.1 Å². The molecule has 3 aromatic carbocycles. The summed E-state index contributed by atoms with van der Waals surface area (Å²) in [5.41, 5.74) is 5.36. The van der Waals surface area contributed by atoms with Crippen molar-refractivity contribution in [3.63, 3.8) is 0 Å². The van der Waals surface area contributed by atoms with Crippen molar-refractivity contribution in [3.8, 4) is 11.3 Å². The minimum atomic E-state index is -0.239. The Morgan fingerprint density at radius 3 is 2.54 bits per heavy atom. The molecule has 1 aliphatic heterocycles. The molecule has 2 aromatic heterocycles. The van der Waals surface area contributed by atoms with Gasteiger partial charge in [0.25, 0.3) is 5.91 Å². The highest BCUT2D eigenvalue weighted by Gasteiger charge is 2.17. The number of rotatable bonds is 7. The quantitative estimate of drug-likeness (QED) is 0.246. The fourth-order valence-electron chi connectivity index (χ4n) is 5.10. The first-order valence-electron chi connectivity index (χ1n) is 13.3. The Labute approximate surface area is 226 Å². The fraction of sp³-hybridized carbons (Fsp3) is 0.226. The Bertz CT molecular complexity index is 1580. The minimum Gasteiger partial charge on any atom is -0.382 e. The first-order chi connectivity index (χ1) is 19.0. The second-order valence-electron chi connectivity index (χ2n) is 10.3. The van der Waals surface area contributed by atoms with Crippen molar-refractivity contribution in [2.45, 2.75) is 25.4 Å².